The minimum absolute atomic E-state index is 0.0867. The first kappa shape index (κ1) is 26.4. The summed E-state index contributed by atoms with van der Waals surface area (Å²) in [5.74, 6) is 0.415. The zero-order chi connectivity index (χ0) is 22.9. The Labute approximate surface area is 185 Å². The molecule has 0 aliphatic heterocycles. The summed E-state index contributed by atoms with van der Waals surface area (Å²) < 4.78 is 12.3. The molecule has 0 heterocycles. The average Bonchev–Trinajstić information content (AvgIpc) is 2.64. The van der Waals surface area contributed by atoms with Gasteiger partial charge in [0, 0.05) is 6.54 Å². The second kappa shape index (κ2) is 11.7. The third-order valence-corrected chi connectivity index (χ3v) is 10.3. The molecule has 0 saturated heterocycles. The van der Waals surface area contributed by atoms with Crippen LogP contribution in [0.1, 0.15) is 60.5 Å². The highest BCUT2D eigenvalue weighted by Crippen LogP contribution is 2.38. The van der Waals surface area contributed by atoms with E-state index in [9.17, 15) is 4.79 Å². The molecule has 1 amide bonds. The lowest BCUT2D eigenvalue weighted by Crippen LogP contribution is -2.53. The smallest absolute Gasteiger partial charge is 0.410 e. The van der Waals surface area contributed by atoms with Crippen LogP contribution >= 0.6 is 0 Å². The van der Waals surface area contributed by atoms with E-state index in [-0.39, 0.29) is 23.3 Å². The van der Waals surface area contributed by atoms with Crippen molar-refractivity contribution in [3.05, 3.63) is 48.0 Å². The molecule has 0 fully saturated rings. The van der Waals surface area contributed by atoms with Gasteiger partial charge in [0.2, 0.25) is 0 Å². The van der Waals surface area contributed by atoms with Gasteiger partial charge in [-0.1, -0.05) is 77.1 Å². The van der Waals surface area contributed by atoms with Gasteiger partial charge in [-0.3, -0.25) is 4.90 Å². The van der Waals surface area contributed by atoms with Crippen molar-refractivity contribution in [3.63, 3.8) is 0 Å². The lowest BCUT2D eigenvalue weighted by atomic mass is 9.97. The molecular weight excluding hydrogens is 390 g/mol. The largest absolute Gasteiger partial charge is 0.450 e. The van der Waals surface area contributed by atoms with Crippen molar-refractivity contribution >= 4 is 14.4 Å². The first-order chi connectivity index (χ1) is 13.9. The Bertz CT molecular complexity index is 665. The quantitative estimate of drug-likeness (QED) is 0.294. The van der Waals surface area contributed by atoms with Crippen LogP contribution in [-0.2, 0) is 15.7 Å². The zero-order valence-corrected chi connectivity index (χ0v) is 21.6. The molecule has 1 rings (SSSR count). The van der Waals surface area contributed by atoms with Gasteiger partial charge >= 0.3 is 6.09 Å². The molecule has 0 unspecified atom stereocenters. The topological polar surface area (TPSA) is 38.8 Å². The van der Waals surface area contributed by atoms with Crippen LogP contribution in [0.2, 0.25) is 18.1 Å². The van der Waals surface area contributed by atoms with Crippen LogP contribution in [-0.4, -0.2) is 38.1 Å². The molecule has 0 radical (unpaired) electrons. The normalized spacial score (nSPS) is 14.7. The molecule has 5 heteroatoms. The maximum atomic E-state index is 13.1. The first-order valence-electron chi connectivity index (χ1n) is 11.2. The first-order valence-corrected chi connectivity index (χ1v) is 14.1. The van der Waals surface area contributed by atoms with E-state index in [1.165, 1.54) is 0 Å². The maximum absolute atomic E-state index is 13.1. The van der Waals surface area contributed by atoms with Gasteiger partial charge in [-0.25, -0.2) is 4.79 Å². The fraction of sp³-hybridized carbons (Fsp3) is 0.640. The molecule has 0 spiro atoms. The zero-order valence-electron chi connectivity index (χ0n) is 20.6. The average molecular weight is 434 g/mol. The molecular formula is C25H43NO3Si. The van der Waals surface area contributed by atoms with Crippen LogP contribution in [0.15, 0.2) is 42.5 Å². The van der Waals surface area contributed by atoms with Gasteiger partial charge in [0.1, 0.15) is 0 Å². The Morgan fingerprint density at radius 1 is 1.17 bits per heavy atom. The van der Waals surface area contributed by atoms with Crippen molar-refractivity contribution < 1.29 is 14.0 Å². The molecule has 170 valence electrons. The van der Waals surface area contributed by atoms with Gasteiger partial charge in [0.15, 0.2) is 8.32 Å². The Kier molecular flexibility index (Phi) is 10.3. The highest BCUT2D eigenvalue weighted by atomic mass is 28.4. The fourth-order valence-electron chi connectivity index (χ4n) is 3.18. The third-order valence-electron chi connectivity index (χ3n) is 5.81. The minimum atomic E-state index is -2.04. The van der Waals surface area contributed by atoms with Crippen molar-refractivity contribution in [1.82, 2.24) is 4.90 Å². The monoisotopic (exact) mass is 433 g/mol. The number of carbonyl (C=O) groups is 1. The van der Waals surface area contributed by atoms with E-state index in [1.54, 1.807) is 0 Å². The number of amides is 1. The summed E-state index contributed by atoms with van der Waals surface area (Å²) in [5, 5.41) is 0.0867. The van der Waals surface area contributed by atoms with E-state index < -0.39 is 8.32 Å². The molecule has 1 aromatic rings. The summed E-state index contributed by atoms with van der Waals surface area (Å²) in [7, 11) is -2.04. The molecule has 2 atom stereocenters. The van der Waals surface area contributed by atoms with E-state index in [0.29, 0.717) is 19.1 Å². The Balaban J connectivity index is 3.38. The van der Waals surface area contributed by atoms with Crippen LogP contribution in [0, 0.1) is 5.92 Å². The lowest BCUT2D eigenvalue weighted by molar-refractivity contribution is 0.0442. The summed E-state index contributed by atoms with van der Waals surface area (Å²) in [6.07, 6.45) is 4.54. The molecule has 0 saturated carbocycles. The lowest BCUT2D eigenvalue weighted by Gasteiger charge is -2.43. The van der Waals surface area contributed by atoms with E-state index in [4.69, 9.17) is 9.16 Å². The van der Waals surface area contributed by atoms with E-state index in [0.717, 1.165) is 12.0 Å². The molecule has 0 aliphatic carbocycles. The van der Waals surface area contributed by atoms with Gasteiger partial charge in [0.05, 0.1) is 18.8 Å². The summed E-state index contributed by atoms with van der Waals surface area (Å²) in [5.41, 5.74) is 1.09. The number of rotatable bonds is 10. The molecule has 0 aliphatic rings. The van der Waals surface area contributed by atoms with Crippen LogP contribution in [0.3, 0.4) is 0 Å². The third kappa shape index (κ3) is 7.92. The number of hydrogen-bond donors (Lipinski definition) is 0. The number of carbonyl (C=O) groups excluding carboxylic acids is 1. The van der Waals surface area contributed by atoms with Crippen LogP contribution in [0.5, 0.6) is 0 Å². The van der Waals surface area contributed by atoms with Crippen molar-refractivity contribution in [2.45, 2.75) is 91.7 Å². The molecule has 0 N–H and O–H groups in total. The van der Waals surface area contributed by atoms with Gasteiger partial charge in [-0.15, -0.1) is 0 Å². The van der Waals surface area contributed by atoms with Crippen LogP contribution < -0.4 is 0 Å². The molecule has 30 heavy (non-hydrogen) atoms. The van der Waals surface area contributed by atoms with E-state index >= 15 is 0 Å². The van der Waals surface area contributed by atoms with Gasteiger partial charge < -0.3 is 9.16 Å². The minimum Gasteiger partial charge on any atom is -0.450 e. The van der Waals surface area contributed by atoms with Crippen molar-refractivity contribution in [1.29, 1.82) is 0 Å². The van der Waals surface area contributed by atoms with Crippen molar-refractivity contribution in [3.8, 4) is 0 Å². The second-order valence-corrected chi connectivity index (χ2v) is 14.6. The highest BCUT2D eigenvalue weighted by Gasteiger charge is 2.42. The highest BCUT2D eigenvalue weighted by molar-refractivity contribution is 6.74. The van der Waals surface area contributed by atoms with Crippen molar-refractivity contribution in [2.24, 2.45) is 5.92 Å². The van der Waals surface area contributed by atoms with Crippen LogP contribution in [0.4, 0.5) is 4.79 Å². The second-order valence-electron chi connectivity index (χ2n) is 9.88. The van der Waals surface area contributed by atoms with Gasteiger partial charge in [-0.05, 0) is 49.9 Å². The number of benzene rings is 1. The Hall–Kier alpha value is -1.59. The van der Waals surface area contributed by atoms with Crippen LogP contribution in [0.25, 0.3) is 0 Å². The summed E-state index contributed by atoms with van der Waals surface area (Å²) >= 11 is 0. The molecule has 4 nitrogen and oxygen atoms in total. The van der Waals surface area contributed by atoms with E-state index in [2.05, 4.69) is 65.9 Å². The SMILES string of the molecule is C/C=C/[C@@H](O[Si](C)(C)C(C)(C)C)[C@H](CC(C)C)N(Cc1ccccc1)C(=O)OCC. The molecule has 1 aromatic carbocycles. The van der Waals surface area contributed by atoms with Gasteiger partial charge in [-0.2, -0.15) is 0 Å². The maximum Gasteiger partial charge on any atom is 0.410 e. The summed E-state index contributed by atoms with van der Waals surface area (Å²) in [6.45, 7) is 20.4. The predicted octanol–water partition coefficient (Wildman–Crippen LogP) is 7.03. The summed E-state index contributed by atoms with van der Waals surface area (Å²) in [4.78, 5) is 14.9. The number of hydrogen-bond acceptors (Lipinski definition) is 3. The van der Waals surface area contributed by atoms with Gasteiger partial charge in [0.25, 0.3) is 0 Å². The Morgan fingerprint density at radius 2 is 1.77 bits per heavy atom. The standard InChI is InChI=1S/C25H43NO3Si/c1-10-15-23(29-30(8,9)25(5,6)7)22(18-20(3)4)26(24(27)28-11-2)19-21-16-13-12-14-17-21/h10,12-17,20,22-23H,11,18-19H2,1-9H3/b15-10+/t22-,23+/m0/s1. The number of nitrogens with zero attached hydrogens (tertiary/aromatic N) is 1. The Morgan fingerprint density at radius 3 is 2.23 bits per heavy atom. The predicted molar refractivity (Wildman–Crippen MR) is 129 cm³/mol. The number of allylic oxidation sites excluding steroid dienone is 1. The molecule has 0 bridgehead atoms. The number of ether oxygens (including phenoxy) is 1. The fourth-order valence-corrected chi connectivity index (χ4v) is 4.45. The van der Waals surface area contributed by atoms with E-state index in [1.807, 2.05) is 43.0 Å². The summed E-state index contributed by atoms with van der Waals surface area (Å²) in [6, 6.07) is 10.0. The van der Waals surface area contributed by atoms with Crippen molar-refractivity contribution in [2.75, 3.05) is 6.61 Å². The molecule has 0 aromatic heterocycles.